The molecule has 1 atom stereocenters. The van der Waals surface area contributed by atoms with Gasteiger partial charge in [0.25, 0.3) is 0 Å². The molecule has 0 spiro atoms. The first-order valence-electron chi connectivity index (χ1n) is 5.98. The predicted molar refractivity (Wildman–Crippen MR) is 64.4 cm³/mol. The number of ether oxygens (including phenoxy) is 1. The fourth-order valence-corrected chi connectivity index (χ4v) is 2.37. The Morgan fingerprint density at radius 1 is 1.47 bits per heavy atom. The van der Waals surface area contributed by atoms with E-state index in [9.17, 15) is 0 Å². The van der Waals surface area contributed by atoms with Crippen LogP contribution in [0.15, 0.2) is 18.3 Å². The van der Waals surface area contributed by atoms with Crippen molar-refractivity contribution < 1.29 is 4.74 Å². The Hall–Kier alpha value is -1.62. The highest BCUT2D eigenvalue weighted by Crippen LogP contribution is 2.24. The Morgan fingerprint density at radius 2 is 2.41 bits per heavy atom. The molecule has 2 aromatic rings. The molecule has 0 aromatic carbocycles. The summed E-state index contributed by atoms with van der Waals surface area (Å²) < 4.78 is 7.06. The molecule has 0 saturated carbocycles. The fraction of sp³-hybridized carbons (Fsp3) is 0.500. The zero-order valence-corrected chi connectivity index (χ0v) is 9.89. The fourth-order valence-electron chi connectivity index (χ4n) is 2.37. The van der Waals surface area contributed by atoms with Crippen molar-refractivity contribution in [3.63, 3.8) is 0 Å². The number of fused-ring (bicyclic) bond motifs is 1. The molecule has 0 radical (unpaired) electrons. The van der Waals surface area contributed by atoms with Crippen LogP contribution in [-0.2, 0) is 0 Å². The molecule has 3 rings (SSSR count). The van der Waals surface area contributed by atoms with Crippen molar-refractivity contribution in [1.82, 2.24) is 19.9 Å². The number of methoxy groups -OCH3 is 1. The maximum atomic E-state index is 5.16. The average molecular weight is 232 g/mol. The van der Waals surface area contributed by atoms with Gasteiger partial charge in [-0.2, -0.15) is 0 Å². The molecule has 1 fully saturated rings. The molecular formula is C12H16N4O. The van der Waals surface area contributed by atoms with E-state index >= 15 is 0 Å². The van der Waals surface area contributed by atoms with Gasteiger partial charge in [0.2, 0.25) is 5.88 Å². The van der Waals surface area contributed by atoms with Gasteiger partial charge in [-0.3, -0.25) is 0 Å². The number of nitrogens with one attached hydrogen (secondary N) is 1. The Balaban J connectivity index is 2.02. The first-order chi connectivity index (χ1) is 8.38. The van der Waals surface area contributed by atoms with Gasteiger partial charge >= 0.3 is 0 Å². The van der Waals surface area contributed by atoms with Crippen molar-refractivity contribution in [3.05, 3.63) is 24.0 Å². The number of piperidine rings is 1. The van der Waals surface area contributed by atoms with E-state index in [0.29, 0.717) is 11.8 Å². The lowest BCUT2D eigenvalue weighted by Crippen LogP contribution is -2.29. The summed E-state index contributed by atoms with van der Waals surface area (Å²) in [5, 5.41) is 7.85. The van der Waals surface area contributed by atoms with Crippen molar-refractivity contribution in [1.29, 1.82) is 0 Å². The second kappa shape index (κ2) is 4.33. The summed E-state index contributed by atoms with van der Waals surface area (Å²) in [6, 6.07) is 3.77. The second-order valence-electron chi connectivity index (χ2n) is 4.37. The van der Waals surface area contributed by atoms with Gasteiger partial charge < -0.3 is 10.1 Å². The van der Waals surface area contributed by atoms with Gasteiger partial charge in [-0.05, 0) is 25.5 Å². The quantitative estimate of drug-likeness (QED) is 0.845. The van der Waals surface area contributed by atoms with E-state index in [4.69, 9.17) is 4.74 Å². The van der Waals surface area contributed by atoms with Gasteiger partial charge in [0.05, 0.1) is 19.0 Å². The number of imidazole rings is 1. The van der Waals surface area contributed by atoms with E-state index in [-0.39, 0.29) is 0 Å². The maximum absolute atomic E-state index is 5.16. The van der Waals surface area contributed by atoms with Gasteiger partial charge in [-0.25, -0.2) is 9.50 Å². The first-order valence-corrected chi connectivity index (χ1v) is 5.98. The molecule has 1 N–H and O–H groups in total. The monoisotopic (exact) mass is 232 g/mol. The van der Waals surface area contributed by atoms with Crippen LogP contribution in [0.4, 0.5) is 0 Å². The molecule has 5 nitrogen and oxygen atoms in total. The summed E-state index contributed by atoms with van der Waals surface area (Å²) in [6.07, 6.45) is 4.33. The van der Waals surface area contributed by atoms with Crippen molar-refractivity contribution in [3.8, 4) is 5.88 Å². The minimum atomic E-state index is 0.498. The average Bonchev–Trinajstić information content (AvgIpc) is 2.82. The van der Waals surface area contributed by atoms with Crippen LogP contribution in [0, 0.1) is 0 Å². The van der Waals surface area contributed by atoms with Gasteiger partial charge in [-0.1, -0.05) is 0 Å². The highest BCUT2D eigenvalue weighted by Gasteiger charge is 2.19. The molecule has 1 aliphatic rings. The van der Waals surface area contributed by atoms with E-state index in [2.05, 4.69) is 15.4 Å². The van der Waals surface area contributed by atoms with Gasteiger partial charge in [0, 0.05) is 18.5 Å². The van der Waals surface area contributed by atoms with Crippen LogP contribution < -0.4 is 10.1 Å². The highest BCUT2D eigenvalue weighted by atomic mass is 16.5. The molecular weight excluding hydrogens is 216 g/mol. The molecule has 3 heterocycles. The van der Waals surface area contributed by atoms with Crippen LogP contribution in [0.2, 0.25) is 0 Å². The number of hydrogen-bond acceptors (Lipinski definition) is 4. The number of rotatable bonds is 2. The summed E-state index contributed by atoms with van der Waals surface area (Å²) in [5.41, 5.74) is 2.05. The summed E-state index contributed by atoms with van der Waals surface area (Å²) >= 11 is 0. The van der Waals surface area contributed by atoms with Crippen molar-refractivity contribution in [2.45, 2.75) is 18.8 Å². The molecule has 5 heteroatoms. The molecule has 0 bridgehead atoms. The smallest absolute Gasteiger partial charge is 0.231 e. The van der Waals surface area contributed by atoms with Crippen LogP contribution in [-0.4, -0.2) is 34.8 Å². The van der Waals surface area contributed by atoms with Crippen LogP contribution in [0.25, 0.3) is 5.65 Å². The Kier molecular flexibility index (Phi) is 2.68. The normalized spacial score (nSPS) is 20.6. The summed E-state index contributed by atoms with van der Waals surface area (Å²) in [5.74, 6) is 1.12. The summed E-state index contributed by atoms with van der Waals surface area (Å²) in [4.78, 5) is 4.39. The van der Waals surface area contributed by atoms with Gasteiger partial charge in [-0.15, -0.1) is 5.10 Å². The largest absolute Gasteiger partial charge is 0.480 e. The van der Waals surface area contributed by atoms with Crippen molar-refractivity contribution in [2.75, 3.05) is 20.2 Å². The van der Waals surface area contributed by atoms with E-state index in [1.807, 2.05) is 22.8 Å². The lowest BCUT2D eigenvalue weighted by molar-refractivity contribution is 0.386. The topological polar surface area (TPSA) is 51.5 Å². The van der Waals surface area contributed by atoms with Crippen molar-refractivity contribution in [2.24, 2.45) is 0 Å². The van der Waals surface area contributed by atoms with Crippen LogP contribution in [0.1, 0.15) is 24.5 Å². The molecule has 0 amide bonds. The molecule has 1 aliphatic heterocycles. The highest BCUT2D eigenvalue weighted by molar-refractivity contribution is 5.40. The SMILES string of the molecule is COc1ccc2ncc(C3CCCNC3)n2n1. The molecule has 1 saturated heterocycles. The first kappa shape index (κ1) is 10.5. The molecule has 2 aromatic heterocycles. The van der Waals surface area contributed by atoms with Gasteiger partial charge in [0.1, 0.15) is 0 Å². The van der Waals surface area contributed by atoms with E-state index in [1.165, 1.54) is 18.5 Å². The van der Waals surface area contributed by atoms with E-state index < -0.39 is 0 Å². The van der Waals surface area contributed by atoms with E-state index in [0.717, 1.165) is 18.7 Å². The Morgan fingerprint density at radius 3 is 3.18 bits per heavy atom. The number of aromatic nitrogens is 3. The zero-order valence-electron chi connectivity index (χ0n) is 9.89. The zero-order chi connectivity index (χ0) is 11.7. The third-order valence-electron chi connectivity index (χ3n) is 3.29. The van der Waals surface area contributed by atoms with Crippen LogP contribution >= 0.6 is 0 Å². The second-order valence-corrected chi connectivity index (χ2v) is 4.37. The minimum Gasteiger partial charge on any atom is -0.480 e. The maximum Gasteiger partial charge on any atom is 0.231 e. The van der Waals surface area contributed by atoms with Crippen LogP contribution in [0.5, 0.6) is 5.88 Å². The predicted octanol–water partition coefficient (Wildman–Crippen LogP) is 1.20. The standard InChI is InChI=1S/C12H16N4O/c1-17-12-5-4-11-14-8-10(16(11)15-12)9-3-2-6-13-7-9/h4-5,8-9,13H,2-3,6-7H2,1H3. The van der Waals surface area contributed by atoms with E-state index in [1.54, 1.807) is 7.11 Å². The Labute approximate surface area is 99.8 Å². The molecule has 90 valence electrons. The lowest BCUT2D eigenvalue weighted by Gasteiger charge is -2.21. The number of nitrogens with zero attached hydrogens (tertiary/aromatic N) is 3. The molecule has 1 unspecified atom stereocenters. The minimum absolute atomic E-state index is 0.498. The summed E-state index contributed by atoms with van der Waals surface area (Å²) in [7, 11) is 1.63. The van der Waals surface area contributed by atoms with Crippen molar-refractivity contribution >= 4 is 5.65 Å². The molecule has 17 heavy (non-hydrogen) atoms. The summed E-state index contributed by atoms with van der Waals surface area (Å²) in [6.45, 7) is 2.12. The molecule has 0 aliphatic carbocycles. The third kappa shape index (κ3) is 1.86. The third-order valence-corrected chi connectivity index (χ3v) is 3.29. The van der Waals surface area contributed by atoms with Gasteiger partial charge in [0.15, 0.2) is 5.65 Å². The van der Waals surface area contributed by atoms with Crippen LogP contribution in [0.3, 0.4) is 0 Å². The lowest BCUT2D eigenvalue weighted by atomic mass is 9.97. The number of hydrogen-bond donors (Lipinski definition) is 1. The Bertz CT molecular complexity index is 516.